The summed E-state index contributed by atoms with van der Waals surface area (Å²) < 4.78 is 6.15. The summed E-state index contributed by atoms with van der Waals surface area (Å²) in [5.74, 6) is 1.00. The number of aryl methyl sites for hydroxylation is 2. The summed E-state index contributed by atoms with van der Waals surface area (Å²) in [5.41, 5.74) is 2.82. The van der Waals surface area contributed by atoms with Crippen molar-refractivity contribution in [2.24, 2.45) is 0 Å². The number of fused-ring (bicyclic) bond motifs is 1. The smallest absolute Gasteiger partial charge is 0.120 e. The minimum atomic E-state index is -0.140. The molecule has 2 N–H and O–H groups in total. The van der Waals surface area contributed by atoms with Crippen LogP contribution in [0.25, 0.3) is 0 Å². The number of benzene rings is 1. The molecule has 1 aromatic carbocycles. The first-order valence-corrected chi connectivity index (χ1v) is 7.83. The standard InChI is InChI=1S/C17H25NO2/c1-18-17(12-19)9-8-16(11-17)20-15-7-6-13-4-2-3-5-14(13)10-15/h6-7,10,16,18-19H,2-5,8-9,11-12H2,1H3. The molecule has 20 heavy (non-hydrogen) atoms. The zero-order valence-electron chi connectivity index (χ0n) is 12.3. The number of hydrogen-bond acceptors (Lipinski definition) is 3. The van der Waals surface area contributed by atoms with E-state index >= 15 is 0 Å². The molecule has 2 aliphatic rings. The Hall–Kier alpha value is -1.06. The van der Waals surface area contributed by atoms with E-state index in [-0.39, 0.29) is 18.2 Å². The summed E-state index contributed by atoms with van der Waals surface area (Å²) in [6, 6.07) is 6.57. The van der Waals surface area contributed by atoms with Gasteiger partial charge in [-0.1, -0.05) is 6.07 Å². The van der Waals surface area contributed by atoms with Crippen molar-refractivity contribution in [3.63, 3.8) is 0 Å². The predicted octanol–water partition coefficient (Wildman–Crippen LogP) is 2.45. The van der Waals surface area contributed by atoms with E-state index in [1.165, 1.54) is 36.8 Å². The van der Waals surface area contributed by atoms with Gasteiger partial charge >= 0.3 is 0 Å². The van der Waals surface area contributed by atoms with Crippen LogP contribution < -0.4 is 10.1 Å². The SMILES string of the molecule is CNC1(CO)CCC(Oc2ccc3c(c2)CCCC3)C1. The summed E-state index contributed by atoms with van der Waals surface area (Å²) in [7, 11) is 1.93. The van der Waals surface area contributed by atoms with Crippen molar-refractivity contribution in [2.75, 3.05) is 13.7 Å². The molecule has 1 aromatic rings. The highest BCUT2D eigenvalue weighted by Crippen LogP contribution is 2.33. The molecule has 110 valence electrons. The second-order valence-electron chi connectivity index (χ2n) is 6.31. The molecule has 0 aliphatic heterocycles. The number of nitrogens with one attached hydrogen (secondary N) is 1. The zero-order chi connectivity index (χ0) is 14.0. The monoisotopic (exact) mass is 275 g/mol. The number of aliphatic hydroxyl groups is 1. The average Bonchev–Trinajstić information content (AvgIpc) is 2.91. The highest BCUT2D eigenvalue weighted by molar-refractivity contribution is 5.37. The number of likely N-dealkylation sites (N-methyl/N-ethyl adjacent to an activating group) is 1. The maximum Gasteiger partial charge on any atom is 0.120 e. The van der Waals surface area contributed by atoms with E-state index in [1.54, 1.807) is 0 Å². The Morgan fingerprint density at radius 1 is 1.30 bits per heavy atom. The van der Waals surface area contributed by atoms with Crippen LogP contribution >= 0.6 is 0 Å². The minimum absolute atomic E-state index is 0.140. The van der Waals surface area contributed by atoms with E-state index in [0.717, 1.165) is 25.0 Å². The van der Waals surface area contributed by atoms with Crippen molar-refractivity contribution in [3.8, 4) is 5.75 Å². The van der Waals surface area contributed by atoms with Crippen LogP contribution in [0.5, 0.6) is 5.75 Å². The van der Waals surface area contributed by atoms with Crippen LogP contribution in [0.15, 0.2) is 18.2 Å². The van der Waals surface area contributed by atoms with Gasteiger partial charge in [0.25, 0.3) is 0 Å². The predicted molar refractivity (Wildman–Crippen MR) is 80.2 cm³/mol. The first-order chi connectivity index (χ1) is 9.74. The van der Waals surface area contributed by atoms with Crippen molar-refractivity contribution in [1.82, 2.24) is 5.32 Å². The van der Waals surface area contributed by atoms with E-state index in [1.807, 2.05) is 7.05 Å². The molecule has 0 radical (unpaired) electrons. The largest absolute Gasteiger partial charge is 0.490 e. The van der Waals surface area contributed by atoms with Crippen molar-refractivity contribution in [3.05, 3.63) is 29.3 Å². The van der Waals surface area contributed by atoms with Gasteiger partial charge in [-0.25, -0.2) is 0 Å². The van der Waals surface area contributed by atoms with Gasteiger partial charge in [0.15, 0.2) is 0 Å². The van der Waals surface area contributed by atoms with Gasteiger partial charge < -0.3 is 15.2 Å². The Morgan fingerprint density at radius 3 is 2.80 bits per heavy atom. The number of aliphatic hydroxyl groups excluding tert-OH is 1. The van der Waals surface area contributed by atoms with Crippen LogP contribution in [0.1, 0.15) is 43.2 Å². The zero-order valence-corrected chi connectivity index (χ0v) is 12.3. The summed E-state index contributed by atoms with van der Waals surface area (Å²) in [6.45, 7) is 0.188. The topological polar surface area (TPSA) is 41.5 Å². The van der Waals surface area contributed by atoms with E-state index in [0.29, 0.717) is 0 Å². The quantitative estimate of drug-likeness (QED) is 0.887. The summed E-state index contributed by atoms with van der Waals surface area (Å²) in [4.78, 5) is 0. The fraction of sp³-hybridized carbons (Fsp3) is 0.647. The van der Waals surface area contributed by atoms with Crippen LogP contribution in [-0.2, 0) is 12.8 Å². The lowest BCUT2D eigenvalue weighted by molar-refractivity contribution is 0.146. The molecule has 3 heteroatoms. The molecule has 0 saturated heterocycles. The maximum absolute atomic E-state index is 9.54. The van der Waals surface area contributed by atoms with Gasteiger partial charge in [-0.3, -0.25) is 0 Å². The molecule has 0 spiro atoms. The molecule has 0 bridgehead atoms. The lowest BCUT2D eigenvalue weighted by Crippen LogP contribution is -2.44. The van der Waals surface area contributed by atoms with Gasteiger partial charge in [0.2, 0.25) is 0 Å². The third kappa shape index (κ3) is 2.70. The van der Waals surface area contributed by atoms with Crippen molar-refractivity contribution < 1.29 is 9.84 Å². The molecular weight excluding hydrogens is 250 g/mol. The lowest BCUT2D eigenvalue weighted by Gasteiger charge is -2.26. The van der Waals surface area contributed by atoms with Gasteiger partial charge in [-0.2, -0.15) is 0 Å². The van der Waals surface area contributed by atoms with Crippen molar-refractivity contribution in [2.45, 2.75) is 56.6 Å². The van der Waals surface area contributed by atoms with Crippen LogP contribution in [0.2, 0.25) is 0 Å². The molecule has 1 fully saturated rings. The summed E-state index contributed by atoms with van der Waals surface area (Å²) in [5, 5.41) is 12.8. The maximum atomic E-state index is 9.54. The van der Waals surface area contributed by atoms with E-state index in [4.69, 9.17) is 4.74 Å². The fourth-order valence-electron chi connectivity index (χ4n) is 3.60. The Labute approximate surface area is 121 Å². The van der Waals surface area contributed by atoms with Crippen LogP contribution in [-0.4, -0.2) is 30.4 Å². The number of rotatable bonds is 4. The van der Waals surface area contributed by atoms with Crippen LogP contribution in [0.4, 0.5) is 0 Å². The van der Waals surface area contributed by atoms with E-state index in [9.17, 15) is 5.11 Å². The molecule has 2 unspecified atom stereocenters. The molecule has 0 aromatic heterocycles. The third-order valence-corrected chi connectivity index (χ3v) is 5.02. The first kappa shape index (κ1) is 13.9. The van der Waals surface area contributed by atoms with Crippen molar-refractivity contribution >= 4 is 0 Å². The summed E-state index contributed by atoms with van der Waals surface area (Å²) >= 11 is 0. The minimum Gasteiger partial charge on any atom is -0.490 e. The highest BCUT2D eigenvalue weighted by Gasteiger charge is 2.38. The lowest BCUT2D eigenvalue weighted by atomic mass is 9.92. The second-order valence-corrected chi connectivity index (χ2v) is 6.31. The first-order valence-electron chi connectivity index (χ1n) is 7.83. The highest BCUT2D eigenvalue weighted by atomic mass is 16.5. The molecule has 2 aliphatic carbocycles. The van der Waals surface area contributed by atoms with Crippen LogP contribution in [0.3, 0.4) is 0 Å². The van der Waals surface area contributed by atoms with E-state index < -0.39 is 0 Å². The Morgan fingerprint density at radius 2 is 2.10 bits per heavy atom. The molecule has 0 heterocycles. The van der Waals surface area contributed by atoms with Gasteiger partial charge in [-0.05, 0) is 68.8 Å². The van der Waals surface area contributed by atoms with Gasteiger partial charge in [-0.15, -0.1) is 0 Å². The Kier molecular flexibility index (Phi) is 3.99. The molecule has 2 atom stereocenters. The third-order valence-electron chi connectivity index (χ3n) is 5.02. The molecular formula is C17H25NO2. The fourth-order valence-corrected chi connectivity index (χ4v) is 3.60. The Balaban J connectivity index is 1.67. The van der Waals surface area contributed by atoms with E-state index in [2.05, 4.69) is 23.5 Å². The normalized spacial score (nSPS) is 29.2. The van der Waals surface area contributed by atoms with Gasteiger partial charge in [0.05, 0.1) is 6.61 Å². The molecule has 3 rings (SSSR count). The van der Waals surface area contributed by atoms with Crippen LogP contribution in [0, 0.1) is 0 Å². The number of ether oxygens (including phenoxy) is 1. The number of hydrogen-bond donors (Lipinski definition) is 2. The Bertz CT molecular complexity index is 468. The average molecular weight is 275 g/mol. The van der Waals surface area contributed by atoms with Crippen molar-refractivity contribution in [1.29, 1.82) is 0 Å². The van der Waals surface area contributed by atoms with Gasteiger partial charge in [0, 0.05) is 12.0 Å². The molecule has 0 amide bonds. The second kappa shape index (κ2) is 5.74. The van der Waals surface area contributed by atoms with Gasteiger partial charge in [0.1, 0.15) is 11.9 Å². The molecule has 3 nitrogen and oxygen atoms in total. The molecule has 1 saturated carbocycles. The summed E-state index contributed by atoms with van der Waals surface area (Å²) in [6.07, 6.45) is 8.12.